The molecule has 7 heteroatoms. The van der Waals surface area contributed by atoms with Crippen molar-refractivity contribution in [3.8, 4) is 11.5 Å². The van der Waals surface area contributed by atoms with Crippen molar-refractivity contribution in [2.45, 2.75) is 26.4 Å². The summed E-state index contributed by atoms with van der Waals surface area (Å²) in [6.45, 7) is 6.84. The average molecular weight is 444 g/mol. The average Bonchev–Trinajstić information content (AvgIpc) is 2.83. The maximum atomic E-state index is 12.9. The van der Waals surface area contributed by atoms with Crippen LogP contribution in [-0.4, -0.2) is 22.0 Å². The molecule has 3 aromatic carbocycles. The number of carbonyl (C=O) groups is 2. The second-order valence-electron chi connectivity index (χ2n) is 7.36. The molecule has 2 N–H and O–H groups in total. The van der Waals surface area contributed by atoms with Gasteiger partial charge in [0, 0.05) is 11.1 Å². The Bertz CT molecular complexity index is 1220. The van der Waals surface area contributed by atoms with Crippen molar-refractivity contribution < 1.29 is 24.5 Å². The van der Waals surface area contributed by atoms with E-state index in [2.05, 4.69) is 16.8 Å². The lowest BCUT2D eigenvalue weighted by molar-refractivity contribution is -0.144. The van der Waals surface area contributed by atoms with E-state index in [1.165, 1.54) is 19.1 Å². The molecule has 0 aromatic heterocycles. The predicted octanol–water partition coefficient (Wildman–Crippen LogP) is 6.31. The molecule has 0 aliphatic rings. The SMILES string of the molecule is C=C(C)C(=O)OC(CC)c1c(N=Nc2ccccc2C(=O)c2ccccc2)ccc(O)c1O. The number of esters is 1. The number of azo groups is 1. The van der Waals surface area contributed by atoms with Crippen LogP contribution in [0.15, 0.2) is 89.1 Å². The minimum absolute atomic E-state index is 0.114. The zero-order valence-corrected chi connectivity index (χ0v) is 18.4. The molecule has 0 amide bonds. The van der Waals surface area contributed by atoms with Crippen molar-refractivity contribution in [2.75, 3.05) is 0 Å². The van der Waals surface area contributed by atoms with Crippen molar-refractivity contribution in [3.05, 3.63) is 95.6 Å². The molecule has 1 unspecified atom stereocenters. The summed E-state index contributed by atoms with van der Waals surface area (Å²) >= 11 is 0. The number of carbonyl (C=O) groups excluding carboxylic acids is 2. The lowest BCUT2D eigenvalue weighted by atomic mass is 10.0. The Kier molecular flexibility index (Phi) is 7.35. The summed E-state index contributed by atoms with van der Waals surface area (Å²) in [5.41, 5.74) is 1.71. The number of ether oxygens (including phenoxy) is 1. The van der Waals surface area contributed by atoms with Crippen LogP contribution in [-0.2, 0) is 9.53 Å². The zero-order valence-electron chi connectivity index (χ0n) is 18.4. The molecule has 3 aromatic rings. The number of hydrogen-bond acceptors (Lipinski definition) is 7. The molecule has 3 rings (SSSR count). The number of ketones is 1. The van der Waals surface area contributed by atoms with Crippen LogP contribution in [0.4, 0.5) is 11.4 Å². The third-order valence-electron chi connectivity index (χ3n) is 4.91. The lowest BCUT2D eigenvalue weighted by Gasteiger charge is -2.19. The van der Waals surface area contributed by atoms with E-state index in [4.69, 9.17) is 4.74 Å². The molecule has 0 radical (unpaired) electrons. The highest BCUT2D eigenvalue weighted by Gasteiger charge is 2.25. The van der Waals surface area contributed by atoms with Crippen LogP contribution >= 0.6 is 0 Å². The van der Waals surface area contributed by atoms with Crippen LogP contribution in [0.25, 0.3) is 0 Å². The minimum atomic E-state index is -0.892. The van der Waals surface area contributed by atoms with Crippen LogP contribution in [0.3, 0.4) is 0 Å². The van der Waals surface area contributed by atoms with Gasteiger partial charge in [-0.2, -0.15) is 0 Å². The first-order chi connectivity index (χ1) is 15.8. The van der Waals surface area contributed by atoms with Crippen LogP contribution in [0.5, 0.6) is 11.5 Å². The van der Waals surface area contributed by atoms with Crippen molar-refractivity contribution in [3.63, 3.8) is 0 Å². The number of phenols is 2. The van der Waals surface area contributed by atoms with E-state index < -0.39 is 17.8 Å². The van der Waals surface area contributed by atoms with E-state index in [-0.39, 0.29) is 28.4 Å². The Hall–Kier alpha value is -4.26. The number of rotatable bonds is 8. The van der Waals surface area contributed by atoms with Gasteiger partial charge in [0.1, 0.15) is 6.10 Å². The highest BCUT2D eigenvalue weighted by molar-refractivity contribution is 6.11. The molecule has 7 nitrogen and oxygen atoms in total. The van der Waals surface area contributed by atoms with Crippen molar-refractivity contribution in [1.82, 2.24) is 0 Å². The lowest BCUT2D eigenvalue weighted by Crippen LogP contribution is -2.11. The molecule has 0 fully saturated rings. The van der Waals surface area contributed by atoms with Gasteiger partial charge >= 0.3 is 5.97 Å². The summed E-state index contributed by atoms with van der Waals surface area (Å²) in [5.74, 6) is -1.68. The Balaban J connectivity index is 2.02. The predicted molar refractivity (Wildman–Crippen MR) is 124 cm³/mol. The molecule has 0 saturated heterocycles. The Labute approximate surface area is 191 Å². The van der Waals surface area contributed by atoms with Crippen LogP contribution in [0.2, 0.25) is 0 Å². The molecule has 0 heterocycles. The minimum Gasteiger partial charge on any atom is -0.504 e. The van der Waals surface area contributed by atoms with E-state index in [1.807, 2.05) is 6.07 Å². The molecular formula is C26H24N2O5. The van der Waals surface area contributed by atoms with Gasteiger partial charge in [-0.15, -0.1) is 10.2 Å². The first-order valence-electron chi connectivity index (χ1n) is 10.3. The highest BCUT2D eigenvalue weighted by atomic mass is 16.5. The fourth-order valence-electron chi connectivity index (χ4n) is 3.17. The van der Waals surface area contributed by atoms with E-state index in [0.717, 1.165) is 0 Å². The maximum absolute atomic E-state index is 12.9. The monoisotopic (exact) mass is 444 g/mol. The van der Waals surface area contributed by atoms with Crippen molar-refractivity contribution in [1.29, 1.82) is 0 Å². The molecule has 0 aliphatic carbocycles. The van der Waals surface area contributed by atoms with E-state index in [0.29, 0.717) is 23.2 Å². The molecule has 33 heavy (non-hydrogen) atoms. The molecule has 168 valence electrons. The number of nitrogens with zero attached hydrogens (tertiary/aromatic N) is 2. The molecule has 0 aliphatic heterocycles. The van der Waals surface area contributed by atoms with Gasteiger partial charge < -0.3 is 14.9 Å². The van der Waals surface area contributed by atoms with Gasteiger partial charge in [0.05, 0.1) is 22.5 Å². The summed E-state index contributed by atoms with van der Waals surface area (Å²) in [5, 5.41) is 29.0. The van der Waals surface area contributed by atoms with Crippen molar-refractivity contribution in [2.24, 2.45) is 10.2 Å². The van der Waals surface area contributed by atoms with Gasteiger partial charge in [0.25, 0.3) is 0 Å². The summed E-state index contributed by atoms with van der Waals surface area (Å²) in [6.07, 6.45) is -0.585. The molecule has 1 atom stereocenters. The second kappa shape index (κ2) is 10.4. The fraction of sp³-hybridized carbons (Fsp3) is 0.154. The smallest absolute Gasteiger partial charge is 0.333 e. The van der Waals surface area contributed by atoms with Gasteiger partial charge in [-0.3, -0.25) is 4.79 Å². The van der Waals surface area contributed by atoms with Crippen LogP contribution < -0.4 is 0 Å². The van der Waals surface area contributed by atoms with E-state index in [9.17, 15) is 19.8 Å². The summed E-state index contributed by atoms with van der Waals surface area (Å²) < 4.78 is 5.43. The molecule has 0 spiro atoms. The van der Waals surface area contributed by atoms with Gasteiger partial charge in [0.2, 0.25) is 0 Å². The third kappa shape index (κ3) is 5.33. The van der Waals surface area contributed by atoms with E-state index in [1.54, 1.807) is 55.5 Å². The topological polar surface area (TPSA) is 109 Å². The molecular weight excluding hydrogens is 420 g/mol. The Morgan fingerprint density at radius 2 is 1.58 bits per heavy atom. The van der Waals surface area contributed by atoms with E-state index >= 15 is 0 Å². The first kappa shape index (κ1) is 23.4. The number of phenolic OH excluding ortho intramolecular Hbond substituents is 2. The van der Waals surface area contributed by atoms with Gasteiger partial charge in [0.15, 0.2) is 17.3 Å². The second-order valence-corrected chi connectivity index (χ2v) is 7.36. The largest absolute Gasteiger partial charge is 0.504 e. The fourth-order valence-corrected chi connectivity index (χ4v) is 3.17. The molecule has 0 bridgehead atoms. The van der Waals surface area contributed by atoms with Gasteiger partial charge in [-0.05, 0) is 37.6 Å². The quantitative estimate of drug-likeness (QED) is 0.139. The first-order valence-corrected chi connectivity index (χ1v) is 10.3. The van der Waals surface area contributed by atoms with Gasteiger partial charge in [-0.25, -0.2) is 4.79 Å². The zero-order chi connectivity index (χ0) is 24.0. The standard InChI is InChI=1S/C26H24N2O5/c1-4-22(33-26(32)16(2)3)23-20(14-15-21(29)25(23)31)28-27-19-13-9-8-12-18(19)24(30)17-10-6-5-7-11-17/h5-15,22,29,31H,2,4H2,1,3H3. The molecule has 0 saturated carbocycles. The summed E-state index contributed by atoms with van der Waals surface area (Å²) in [7, 11) is 0. The maximum Gasteiger partial charge on any atom is 0.333 e. The van der Waals surface area contributed by atoms with Crippen LogP contribution in [0, 0.1) is 0 Å². The number of aromatic hydroxyl groups is 2. The van der Waals surface area contributed by atoms with Gasteiger partial charge in [-0.1, -0.05) is 56.0 Å². The number of benzene rings is 3. The normalized spacial score (nSPS) is 11.8. The summed E-state index contributed by atoms with van der Waals surface area (Å²) in [6, 6.07) is 18.3. The summed E-state index contributed by atoms with van der Waals surface area (Å²) in [4.78, 5) is 25.0. The van der Waals surface area contributed by atoms with Crippen LogP contribution in [0.1, 0.15) is 47.9 Å². The van der Waals surface area contributed by atoms with Crippen molar-refractivity contribution >= 4 is 23.1 Å². The third-order valence-corrected chi connectivity index (χ3v) is 4.91. The Morgan fingerprint density at radius 1 is 0.939 bits per heavy atom. The highest BCUT2D eigenvalue weighted by Crippen LogP contribution is 2.43. The number of hydrogen-bond donors (Lipinski definition) is 2. The Morgan fingerprint density at radius 3 is 2.24 bits per heavy atom.